The Kier molecular flexibility index (Phi) is 4.51. The van der Waals surface area contributed by atoms with Crippen LogP contribution in [-0.4, -0.2) is 41.1 Å². The summed E-state index contributed by atoms with van der Waals surface area (Å²) in [5.41, 5.74) is 1.31. The van der Waals surface area contributed by atoms with Crippen molar-refractivity contribution in [1.82, 2.24) is 4.90 Å². The van der Waals surface area contributed by atoms with Crippen LogP contribution in [0, 0.1) is 11.8 Å². The average molecular weight is 403 g/mol. The number of hydrogen-bond donors (Lipinski definition) is 0. The maximum atomic E-state index is 13.8. The first-order valence-corrected chi connectivity index (χ1v) is 10.5. The monoisotopic (exact) mass is 403 g/mol. The summed E-state index contributed by atoms with van der Waals surface area (Å²) in [5.74, 6) is -1.54. The highest BCUT2D eigenvalue weighted by molar-refractivity contribution is 5.91. The zero-order valence-corrected chi connectivity index (χ0v) is 17.1. The van der Waals surface area contributed by atoms with E-state index in [0.29, 0.717) is 6.54 Å². The van der Waals surface area contributed by atoms with E-state index in [2.05, 4.69) is 0 Å². The molecule has 1 unspecified atom stereocenters. The van der Waals surface area contributed by atoms with Crippen molar-refractivity contribution < 1.29 is 19.1 Å². The number of amides is 1. The topological polar surface area (TPSA) is 55.8 Å². The van der Waals surface area contributed by atoms with Gasteiger partial charge in [0.1, 0.15) is 11.5 Å². The summed E-state index contributed by atoms with van der Waals surface area (Å²) in [6.07, 6.45) is 3.27. The van der Waals surface area contributed by atoms with E-state index in [0.717, 1.165) is 11.1 Å². The molecule has 2 aromatic carbocycles. The van der Waals surface area contributed by atoms with Gasteiger partial charge in [-0.25, -0.2) is 0 Å². The zero-order chi connectivity index (χ0) is 20.9. The normalized spacial score (nSPS) is 29.1. The van der Waals surface area contributed by atoms with Crippen molar-refractivity contribution in [2.24, 2.45) is 11.8 Å². The van der Waals surface area contributed by atoms with Crippen molar-refractivity contribution in [3.63, 3.8) is 0 Å². The second kappa shape index (κ2) is 7.10. The van der Waals surface area contributed by atoms with E-state index in [1.807, 2.05) is 91.6 Å². The Bertz CT molecular complexity index is 947. The van der Waals surface area contributed by atoms with Crippen molar-refractivity contribution in [1.29, 1.82) is 0 Å². The number of likely N-dealkylation sites (tertiary alicyclic amines) is 1. The Hall–Kier alpha value is -2.92. The third-order valence-electron chi connectivity index (χ3n) is 6.30. The van der Waals surface area contributed by atoms with E-state index in [1.165, 1.54) is 0 Å². The molecule has 0 N–H and O–H groups in total. The minimum Gasteiger partial charge on any atom is -0.463 e. The Morgan fingerprint density at radius 2 is 1.67 bits per heavy atom. The molecule has 0 aromatic heterocycles. The van der Waals surface area contributed by atoms with Gasteiger partial charge < -0.3 is 14.4 Å². The number of esters is 1. The number of benzene rings is 2. The molecule has 3 aliphatic rings. The Morgan fingerprint density at radius 1 is 1.07 bits per heavy atom. The summed E-state index contributed by atoms with van der Waals surface area (Å²) >= 11 is 0. The summed E-state index contributed by atoms with van der Waals surface area (Å²) in [5, 5.41) is 0. The van der Waals surface area contributed by atoms with Crippen LogP contribution in [-0.2, 0) is 19.1 Å². The van der Waals surface area contributed by atoms with Crippen molar-refractivity contribution in [3.8, 4) is 0 Å². The lowest BCUT2D eigenvalue weighted by atomic mass is 9.77. The van der Waals surface area contributed by atoms with E-state index < -0.39 is 17.4 Å². The smallest absolute Gasteiger partial charge is 0.313 e. The average Bonchev–Trinajstić information content (AvgIpc) is 3.38. The second-order valence-corrected chi connectivity index (χ2v) is 8.58. The maximum Gasteiger partial charge on any atom is 0.313 e. The van der Waals surface area contributed by atoms with Crippen molar-refractivity contribution in [2.75, 3.05) is 6.54 Å². The number of hydrogen-bond acceptors (Lipinski definition) is 4. The molecule has 1 spiro atoms. The minimum atomic E-state index is -0.760. The lowest BCUT2D eigenvalue weighted by Gasteiger charge is -2.31. The van der Waals surface area contributed by atoms with Gasteiger partial charge in [0.05, 0.1) is 30.7 Å². The molecule has 154 valence electrons. The van der Waals surface area contributed by atoms with E-state index >= 15 is 0 Å². The molecule has 5 nitrogen and oxygen atoms in total. The highest BCUT2D eigenvalue weighted by atomic mass is 16.6. The maximum absolute atomic E-state index is 13.8. The van der Waals surface area contributed by atoms with E-state index in [4.69, 9.17) is 9.47 Å². The lowest BCUT2D eigenvalue weighted by Crippen LogP contribution is -2.40. The summed E-state index contributed by atoms with van der Waals surface area (Å²) < 4.78 is 11.7. The quantitative estimate of drug-likeness (QED) is 0.566. The van der Waals surface area contributed by atoms with Crippen LogP contribution < -0.4 is 0 Å². The standard InChI is InChI=1S/C25H25NO4/c1-16(2)29-24(28)20-19-13-14-25(30-19)15-26(23(27)21(20)25)22(17-9-5-3-6-10-17)18-11-7-4-8-12-18/h3-14,16,19-22H,15H2,1-2H3/t19-,20?,21+,25-/m1/s1. The summed E-state index contributed by atoms with van der Waals surface area (Å²) in [7, 11) is 0. The fraction of sp³-hybridized carbons (Fsp3) is 0.360. The van der Waals surface area contributed by atoms with Gasteiger partial charge in [0.2, 0.25) is 5.91 Å². The van der Waals surface area contributed by atoms with Crippen LogP contribution in [0.2, 0.25) is 0 Å². The lowest BCUT2D eigenvalue weighted by molar-refractivity contribution is -0.157. The SMILES string of the molecule is CC(C)OC(=O)C1[C@H]2C(=O)N(C(c3ccccc3)c3ccccc3)C[C@]23C=C[C@H]1O3. The molecule has 3 heterocycles. The molecule has 2 aromatic rings. The highest BCUT2D eigenvalue weighted by Gasteiger charge is 2.68. The number of ether oxygens (including phenoxy) is 2. The molecule has 0 saturated carbocycles. The Labute approximate surface area is 176 Å². The number of carbonyl (C=O) groups is 2. The highest BCUT2D eigenvalue weighted by Crippen LogP contribution is 2.54. The van der Waals surface area contributed by atoms with E-state index in [1.54, 1.807) is 0 Å². The van der Waals surface area contributed by atoms with Gasteiger partial charge in [0, 0.05) is 0 Å². The molecule has 0 radical (unpaired) electrons. The molecule has 5 rings (SSSR count). The number of nitrogens with zero attached hydrogens (tertiary/aromatic N) is 1. The fourth-order valence-corrected chi connectivity index (χ4v) is 5.15. The van der Waals surface area contributed by atoms with Gasteiger partial charge in [-0.2, -0.15) is 0 Å². The van der Waals surface area contributed by atoms with Crippen LogP contribution in [0.15, 0.2) is 72.8 Å². The third-order valence-corrected chi connectivity index (χ3v) is 6.30. The van der Waals surface area contributed by atoms with Gasteiger partial charge in [-0.1, -0.05) is 72.8 Å². The second-order valence-electron chi connectivity index (χ2n) is 8.58. The largest absolute Gasteiger partial charge is 0.463 e. The van der Waals surface area contributed by atoms with Gasteiger partial charge in [0.15, 0.2) is 0 Å². The number of rotatable bonds is 5. The molecule has 1 amide bonds. The van der Waals surface area contributed by atoms with E-state index in [9.17, 15) is 9.59 Å². The van der Waals surface area contributed by atoms with Gasteiger partial charge in [-0.3, -0.25) is 9.59 Å². The molecule has 5 heteroatoms. The predicted octanol–water partition coefficient (Wildman–Crippen LogP) is 3.51. The van der Waals surface area contributed by atoms with Gasteiger partial charge >= 0.3 is 5.97 Å². The molecule has 2 bridgehead atoms. The minimum absolute atomic E-state index is 0.0507. The van der Waals surface area contributed by atoms with Crippen LogP contribution in [0.1, 0.15) is 31.0 Å². The summed E-state index contributed by atoms with van der Waals surface area (Å²) in [6.45, 7) is 4.06. The van der Waals surface area contributed by atoms with E-state index in [-0.39, 0.29) is 30.1 Å². The van der Waals surface area contributed by atoms with Gasteiger partial charge in [-0.05, 0) is 25.0 Å². The van der Waals surface area contributed by atoms with Crippen molar-refractivity contribution >= 4 is 11.9 Å². The third kappa shape index (κ3) is 2.88. The first-order chi connectivity index (χ1) is 14.5. The molecule has 4 atom stereocenters. The van der Waals surface area contributed by atoms with Crippen LogP contribution >= 0.6 is 0 Å². The summed E-state index contributed by atoms with van der Waals surface area (Å²) in [4.78, 5) is 28.5. The number of carbonyl (C=O) groups excluding carboxylic acids is 2. The molecule has 2 fully saturated rings. The van der Waals surface area contributed by atoms with Crippen LogP contribution in [0.25, 0.3) is 0 Å². The van der Waals surface area contributed by atoms with Crippen LogP contribution in [0.4, 0.5) is 0 Å². The van der Waals surface area contributed by atoms with Crippen LogP contribution in [0.5, 0.6) is 0 Å². The summed E-state index contributed by atoms with van der Waals surface area (Å²) in [6, 6.07) is 19.8. The Morgan fingerprint density at radius 3 is 2.23 bits per heavy atom. The zero-order valence-electron chi connectivity index (χ0n) is 17.1. The predicted molar refractivity (Wildman–Crippen MR) is 111 cm³/mol. The molecular weight excluding hydrogens is 378 g/mol. The van der Waals surface area contributed by atoms with Gasteiger partial charge in [0.25, 0.3) is 0 Å². The molecule has 3 aliphatic heterocycles. The molecule has 0 aliphatic carbocycles. The fourth-order valence-electron chi connectivity index (χ4n) is 5.15. The first kappa shape index (κ1) is 19.1. The van der Waals surface area contributed by atoms with Crippen molar-refractivity contribution in [2.45, 2.75) is 37.7 Å². The van der Waals surface area contributed by atoms with Crippen LogP contribution in [0.3, 0.4) is 0 Å². The molecule has 2 saturated heterocycles. The van der Waals surface area contributed by atoms with Gasteiger partial charge in [-0.15, -0.1) is 0 Å². The first-order valence-electron chi connectivity index (χ1n) is 10.5. The molecule has 30 heavy (non-hydrogen) atoms. The Balaban J connectivity index is 1.54. The van der Waals surface area contributed by atoms with Crippen molar-refractivity contribution in [3.05, 3.63) is 83.9 Å². The number of fused-ring (bicyclic) bond motifs is 1. The molecular formula is C25H25NO4.